The lowest BCUT2D eigenvalue weighted by Crippen LogP contribution is -2.30. The Kier molecular flexibility index (Phi) is 5.74. The number of nitrogens with zero attached hydrogens (tertiary/aromatic N) is 1. The topological polar surface area (TPSA) is 86.7 Å². The minimum atomic E-state index is -3.58. The molecular weight excluding hydrogens is 292 g/mol. The summed E-state index contributed by atoms with van der Waals surface area (Å²) in [6, 6.07) is 6.17. The molecule has 0 aliphatic rings. The van der Waals surface area contributed by atoms with Gasteiger partial charge in [0.05, 0.1) is 12.1 Å². The molecule has 1 aromatic rings. The zero-order chi connectivity index (χ0) is 16.2. The van der Waals surface area contributed by atoms with E-state index in [2.05, 4.69) is 5.32 Å². The van der Waals surface area contributed by atoms with Crippen LogP contribution in [0.15, 0.2) is 29.2 Å². The zero-order valence-corrected chi connectivity index (χ0v) is 13.5. The fourth-order valence-corrected chi connectivity index (χ4v) is 2.90. The van der Waals surface area contributed by atoms with Gasteiger partial charge in [-0.1, -0.05) is 26.0 Å². The van der Waals surface area contributed by atoms with Crippen LogP contribution >= 0.6 is 0 Å². The summed E-state index contributed by atoms with van der Waals surface area (Å²) in [5, 5.41) is 12.0. The molecule has 0 radical (unpaired) electrons. The number of hydrogen-bond acceptors (Lipinski definition) is 4. The number of hydrogen-bond donors (Lipinski definition) is 2. The fourth-order valence-electron chi connectivity index (χ4n) is 1.85. The molecule has 7 heteroatoms. The van der Waals surface area contributed by atoms with Crippen molar-refractivity contribution in [3.8, 4) is 0 Å². The van der Waals surface area contributed by atoms with Crippen LogP contribution in [-0.4, -0.2) is 43.9 Å². The van der Waals surface area contributed by atoms with Crippen LogP contribution in [0.3, 0.4) is 0 Å². The molecule has 6 nitrogen and oxygen atoms in total. The molecule has 0 aromatic heterocycles. The van der Waals surface area contributed by atoms with E-state index in [0.29, 0.717) is 5.69 Å². The van der Waals surface area contributed by atoms with Crippen molar-refractivity contribution in [1.29, 1.82) is 0 Å². The largest absolute Gasteiger partial charge is 0.481 e. The molecule has 0 saturated carbocycles. The predicted octanol–water partition coefficient (Wildman–Crippen LogP) is 1.85. The maximum absolute atomic E-state index is 12.3. The van der Waals surface area contributed by atoms with E-state index in [1.807, 2.05) is 13.8 Å². The highest BCUT2D eigenvalue weighted by atomic mass is 32.2. The Morgan fingerprint density at radius 2 is 1.86 bits per heavy atom. The molecule has 0 bridgehead atoms. The molecule has 1 atom stereocenters. The van der Waals surface area contributed by atoms with E-state index in [1.165, 1.54) is 20.2 Å². The molecule has 0 fully saturated rings. The van der Waals surface area contributed by atoms with E-state index in [4.69, 9.17) is 5.11 Å². The first kappa shape index (κ1) is 17.5. The molecule has 0 amide bonds. The Morgan fingerprint density at radius 1 is 1.29 bits per heavy atom. The van der Waals surface area contributed by atoms with E-state index < -0.39 is 16.0 Å². The highest BCUT2D eigenvalue weighted by Gasteiger charge is 2.24. The number of anilines is 1. The standard InChI is InChI=1S/C14H22N2O4S/c1-10(2)12(9-14(17)18)15-11-7-5-6-8-13(11)21(19,20)16(3)4/h5-8,10,12,15H,9H2,1-4H3,(H,17,18). The third kappa shape index (κ3) is 4.44. The van der Waals surface area contributed by atoms with Gasteiger partial charge in [-0.25, -0.2) is 12.7 Å². The number of benzene rings is 1. The van der Waals surface area contributed by atoms with Gasteiger partial charge in [0.15, 0.2) is 0 Å². The van der Waals surface area contributed by atoms with Gasteiger partial charge in [0.2, 0.25) is 10.0 Å². The number of carbonyl (C=O) groups is 1. The second kappa shape index (κ2) is 6.91. The smallest absolute Gasteiger partial charge is 0.305 e. The molecule has 1 rings (SSSR count). The monoisotopic (exact) mass is 314 g/mol. The average molecular weight is 314 g/mol. The van der Waals surface area contributed by atoms with Crippen molar-refractivity contribution in [3.63, 3.8) is 0 Å². The number of nitrogens with one attached hydrogen (secondary N) is 1. The Balaban J connectivity index is 3.17. The summed E-state index contributed by atoms with van der Waals surface area (Å²) in [5.74, 6) is -0.870. The quantitative estimate of drug-likeness (QED) is 0.802. The number of carboxylic acids is 1. The molecule has 21 heavy (non-hydrogen) atoms. The Morgan fingerprint density at radius 3 is 2.33 bits per heavy atom. The minimum Gasteiger partial charge on any atom is -0.481 e. The average Bonchev–Trinajstić information content (AvgIpc) is 2.37. The van der Waals surface area contributed by atoms with Gasteiger partial charge in [0.25, 0.3) is 0 Å². The van der Waals surface area contributed by atoms with Gasteiger partial charge in [-0.15, -0.1) is 0 Å². The molecule has 1 unspecified atom stereocenters. The van der Waals surface area contributed by atoms with Crippen LogP contribution in [0, 0.1) is 5.92 Å². The van der Waals surface area contributed by atoms with E-state index in [9.17, 15) is 13.2 Å². The van der Waals surface area contributed by atoms with E-state index in [-0.39, 0.29) is 23.3 Å². The lowest BCUT2D eigenvalue weighted by atomic mass is 10.0. The highest BCUT2D eigenvalue weighted by Crippen LogP contribution is 2.25. The van der Waals surface area contributed by atoms with E-state index >= 15 is 0 Å². The first-order valence-corrected chi connectivity index (χ1v) is 8.10. The molecule has 0 aliphatic carbocycles. The van der Waals surface area contributed by atoms with Crippen molar-refractivity contribution < 1.29 is 18.3 Å². The summed E-state index contributed by atoms with van der Waals surface area (Å²) in [6.07, 6.45) is -0.0754. The van der Waals surface area contributed by atoms with Gasteiger partial charge < -0.3 is 10.4 Å². The van der Waals surface area contributed by atoms with E-state index in [1.54, 1.807) is 18.2 Å². The van der Waals surface area contributed by atoms with Gasteiger partial charge in [0.1, 0.15) is 4.90 Å². The molecule has 0 heterocycles. The second-order valence-corrected chi connectivity index (χ2v) is 7.50. The van der Waals surface area contributed by atoms with Crippen LogP contribution in [0.1, 0.15) is 20.3 Å². The van der Waals surface area contributed by atoms with Gasteiger partial charge >= 0.3 is 5.97 Å². The Labute approximate surface area is 125 Å². The summed E-state index contributed by atoms with van der Waals surface area (Å²) >= 11 is 0. The molecule has 118 valence electrons. The van der Waals surface area contributed by atoms with Crippen LogP contribution < -0.4 is 5.32 Å². The fraction of sp³-hybridized carbons (Fsp3) is 0.500. The van der Waals surface area contributed by atoms with Gasteiger partial charge in [-0.3, -0.25) is 4.79 Å². The normalized spacial score (nSPS) is 13.4. The summed E-state index contributed by atoms with van der Waals surface area (Å²) in [4.78, 5) is 11.1. The third-order valence-corrected chi connectivity index (χ3v) is 5.06. The van der Waals surface area contributed by atoms with Crippen LogP contribution in [-0.2, 0) is 14.8 Å². The predicted molar refractivity (Wildman–Crippen MR) is 81.8 cm³/mol. The van der Waals surface area contributed by atoms with Crippen molar-refractivity contribution in [2.45, 2.75) is 31.2 Å². The lowest BCUT2D eigenvalue weighted by molar-refractivity contribution is -0.137. The summed E-state index contributed by atoms with van der Waals surface area (Å²) < 4.78 is 25.7. The highest BCUT2D eigenvalue weighted by molar-refractivity contribution is 7.89. The number of rotatable bonds is 7. The maximum Gasteiger partial charge on any atom is 0.305 e. The molecule has 1 aromatic carbocycles. The summed E-state index contributed by atoms with van der Waals surface area (Å²) in [5.41, 5.74) is 0.422. The molecule has 0 spiro atoms. The molecule has 0 saturated heterocycles. The second-order valence-electron chi connectivity index (χ2n) is 5.38. The van der Waals surface area contributed by atoms with Crippen LogP contribution in [0.5, 0.6) is 0 Å². The first-order valence-electron chi connectivity index (χ1n) is 6.66. The summed E-state index contributed by atoms with van der Waals surface area (Å²) in [6.45, 7) is 3.79. The van der Waals surface area contributed by atoms with Gasteiger partial charge in [-0.05, 0) is 18.1 Å². The third-order valence-electron chi connectivity index (χ3n) is 3.19. The van der Waals surface area contributed by atoms with Crippen molar-refractivity contribution in [2.75, 3.05) is 19.4 Å². The van der Waals surface area contributed by atoms with Crippen LogP contribution in [0.4, 0.5) is 5.69 Å². The van der Waals surface area contributed by atoms with Gasteiger partial charge in [-0.2, -0.15) is 0 Å². The van der Waals surface area contributed by atoms with Crippen molar-refractivity contribution in [2.24, 2.45) is 5.92 Å². The number of sulfonamides is 1. The number of carboxylic acid groups (broad SMARTS) is 1. The molecule has 0 aliphatic heterocycles. The number of aliphatic carboxylic acids is 1. The Hall–Kier alpha value is -1.60. The molecule has 2 N–H and O–H groups in total. The van der Waals surface area contributed by atoms with Crippen LogP contribution in [0.25, 0.3) is 0 Å². The van der Waals surface area contributed by atoms with Gasteiger partial charge in [0, 0.05) is 20.1 Å². The zero-order valence-electron chi connectivity index (χ0n) is 12.7. The number of para-hydroxylation sites is 1. The van der Waals surface area contributed by atoms with Crippen LogP contribution in [0.2, 0.25) is 0 Å². The molecular formula is C14H22N2O4S. The van der Waals surface area contributed by atoms with Crippen molar-refractivity contribution >= 4 is 21.7 Å². The Bertz CT molecular complexity index is 597. The van der Waals surface area contributed by atoms with Crippen molar-refractivity contribution in [1.82, 2.24) is 4.31 Å². The SMILES string of the molecule is CC(C)C(CC(=O)O)Nc1ccccc1S(=O)(=O)N(C)C. The lowest BCUT2D eigenvalue weighted by Gasteiger charge is -2.24. The maximum atomic E-state index is 12.3. The van der Waals surface area contributed by atoms with Crippen molar-refractivity contribution in [3.05, 3.63) is 24.3 Å². The van der Waals surface area contributed by atoms with E-state index in [0.717, 1.165) is 4.31 Å². The summed E-state index contributed by atoms with van der Waals surface area (Å²) in [7, 11) is -0.661. The minimum absolute atomic E-state index is 0.0521. The first-order chi connectivity index (χ1) is 9.66.